The zero-order valence-corrected chi connectivity index (χ0v) is 12.9. The van der Waals surface area contributed by atoms with Crippen LogP contribution in [-0.2, 0) is 6.54 Å². The van der Waals surface area contributed by atoms with E-state index in [2.05, 4.69) is 30.3 Å². The number of nitrogens with one attached hydrogen (secondary N) is 1. The molecule has 0 amide bonds. The fraction of sp³-hybridized carbons (Fsp3) is 0.533. The second kappa shape index (κ2) is 6.13. The first-order valence-corrected chi connectivity index (χ1v) is 7.02. The van der Waals surface area contributed by atoms with Crippen molar-refractivity contribution < 1.29 is 9.15 Å². The Morgan fingerprint density at radius 2 is 2.15 bits per heavy atom. The van der Waals surface area contributed by atoms with Crippen LogP contribution < -0.4 is 10.1 Å². The van der Waals surface area contributed by atoms with Crippen molar-refractivity contribution in [2.45, 2.75) is 40.3 Å². The molecule has 2 rings (SSSR count). The zero-order chi connectivity index (χ0) is 14.7. The predicted molar refractivity (Wildman–Crippen MR) is 78.2 cm³/mol. The first-order valence-electron chi connectivity index (χ1n) is 7.02. The number of hydrogen-bond acceptors (Lipinski definition) is 4. The van der Waals surface area contributed by atoms with Crippen molar-refractivity contribution in [3.63, 3.8) is 0 Å². The standard InChI is InChI=1S/C15H23N3O2/c1-6-16-14(12-8-10(3)20-11(12)4)15-13(19-5)9-17-18(15)7-2/h8-9,14,16H,6-7H2,1-5H3. The van der Waals surface area contributed by atoms with Gasteiger partial charge in [-0.15, -0.1) is 0 Å². The molecule has 0 aromatic carbocycles. The molecule has 0 aliphatic rings. The first kappa shape index (κ1) is 14.7. The summed E-state index contributed by atoms with van der Waals surface area (Å²) < 4.78 is 13.1. The van der Waals surface area contributed by atoms with E-state index in [-0.39, 0.29) is 6.04 Å². The molecule has 0 spiro atoms. The molecule has 5 nitrogen and oxygen atoms in total. The molecule has 2 aromatic heterocycles. The summed E-state index contributed by atoms with van der Waals surface area (Å²) in [5.74, 6) is 2.65. The minimum absolute atomic E-state index is 0.0230. The average Bonchev–Trinajstić information content (AvgIpc) is 2.98. The van der Waals surface area contributed by atoms with Gasteiger partial charge in [-0.05, 0) is 33.4 Å². The molecule has 110 valence electrons. The number of nitrogens with zero attached hydrogens (tertiary/aromatic N) is 2. The van der Waals surface area contributed by atoms with E-state index in [4.69, 9.17) is 9.15 Å². The number of rotatable bonds is 6. The van der Waals surface area contributed by atoms with Crippen LogP contribution in [0.5, 0.6) is 5.75 Å². The molecule has 5 heteroatoms. The number of aryl methyl sites for hydroxylation is 3. The number of aromatic nitrogens is 2. The SMILES string of the molecule is CCNC(c1cc(C)oc1C)c1c(OC)cnn1CC. The molecular formula is C15H23N3O2. The molecule has 0 bridgehead atoms. The van der Waals surface area contributed by atoms with Crippen molar-refractivity contribution in [1.82, 2.24) is 15.1 Å². The van der Waals surface area contributed by atoms with Crippen LogP contribution >= 0.6 is 0 Å². The highest BCUT2D eigenvalue weighted by atomic mass is 16.5. The van der Waals surface area contributed by atoms with Crippen LogP contribution in [-0.4, -0.2) is 23.4 Å². The lowest BCUT2D eigenvalue weighted by Gasteiger charge is -2.20. The number of hydrogen-bond donors (Lipinski definition) is 1. The highest BCUT2D eigenvalue weighted by Crippen LogP contribution is 2.33. The molecule has 0 fully saturated rings. The fourth-order valence-electron chi connectivity index (χ4n) is 2.57. The summed E-state index contributed by atoms with van der Waals surface area (Å²) in [4.78, 5) is 0. The molecule has 0 aliphatic heterocycles. The van der Waals surface area contributed by atoms with Crippen LogP contribution in [0.3, 0.4) is 0 Å². The predicted octanol–water partition coefficient (Wildman–Crippen LogP) is 2.82. The van der Waals surface area contributed by atoms with Crippen LogP contribution in [0, 0.1) is 13.8 Å². The summed E-state index contributed by atoms with van der Waals surface area (Å²) in [5.41, 5.74) is 2.18. The van der Waals surface area contributed by atoms with E-state index in [9.17, 15) is 0 Å². The van der Waals surface area contributed by atoms with Crippen molar-refractivity contribution in [2.75, 3.05) is 13.7 Å². The third-order valence-corrected chi connectivity index (χ3v) is 3.44. The Balaban J connectivity index is 2.53. The minimum Gasteiger partial charge on any atom is -0.493 e. The topological polar surface area (TPSA) is 52.2 Å². The lowest BCUT2D eigenvalue weighted by Crippen LogP contribution is -2.25. The normalized spacial score (nSPS) is 12.7. The van der Waals surface area contributed by atoms with Gasteiger partial charge in [0, 0.05) is 12.1 Å². The molecule has 1 N–H and O–H groups in total. The third kappa shape index (κ3) is 2.58. The van der Waals surface area contributed by atoms with Crippen molar-refractivity contribution in [2.24, 2.45) is 0 Å². The second-order valence-corrected chi connectivity index (χ2v) is 4.77. The van der Waals surface area contributed by atoms with Gasteiger partial charge >= 0.3 is 0 Å². The molecule has 0 saturated carbocycles. The Bertz CT molecular complexity index is 550. The lowest BCUT2D eigenvalue weighted by atomic mass is 10.0. The van der Waals surface area contributed by atoms with E-state index in [0.29, 0.717) is 0 Å². The summed E-state index contributed by atoms with van der Waals surface area (Å²) in [6, 6.07) is 2.10. The Morgan fingerprint density at radius 1 is 1.40 bits per heavy atom. The molecule has 1 atom stereocenters. The maximum absolute atomic E-state index is 5.68. The molecule has 0 aliphatic carbocycles. The molecule has 20 heavy (non-hydrogen) atoms. The van der Waals surface area contributed by atoms with Gasteiger partial charge in [-0.3, -0.25) is 4.68 Å². The van der Waals surface area contributed by atoms with E-state index in [0.717, 1.165) is 41.6 Å². The van der Waals surface area contributed by atoms with Crippen LogP contribution in [0.15, 0.2) is 16.7 Å². The zero-order valence-electron chi connectivity index (χ0n) is 12.9. The second-order valence-electron chi connectivity index (χ2n) is 4.77. The minimum atomic E-state index is 0.0230. The van der Waals surface area contributed by atoms with Gasteiger partial charge in [-0.2, -0.15) is 5.10 Å². The summed E-state index contributed by atoms with van der Waals surface area (Å²) in [5, 5.41) is 7.90. The highest BCUT2D eigenvalue weighted by molar-refractivity contribution is 5.38. The maximum atomic E-state index is 5.68. The largest absolute Gasteiger partial charge is 0.493 e. The maximum Gasteiger partial charge on any atom is 0.161 e. The number of ether oxygens (including phenoxy) is 1. The summed E-state index contributed by atoms with van der Waals surface area (Å²) in [7, 11) is 1.68. The van der Waals surface area contributed by atoms with Crippen LogP contribution in [0.2, 0.25) is 0 Å². The molecule has 0 radical (unpaired) electrons. The number of furan rings is 1. The molecule has 2 heterocycles. The van der Waals surface area contributed by atoms with E-state index in [1.807, 2.05) is 18.5 Å². The Morgan fingerprint density at radius 3 is 2.65 bits per heavy atom. The van der Waals surface area contributed by atoms with Crippen molar-refractivity contribution in [3.8, 4) is 5.75 Å². The van der Waals surface area contributed by atoms with Gasteiger partial charge in [0.25, 0.3) is 0 Å². The van der Waals surface area contributed by atoms with Gasteiger partial charge in [0.15, 0.2) is 5.75 Å². The van der Waals surface area contributed by atoms with Gasteiger partial charge in [0.2, 0.25) is 0 Å². The fourth-order valence-corrected chi connectivity index (χ4v) is 2.57. The number of methoxy groups -OCH3 is 1. The van der Waals surface area contributed by atoms with E-state index in [1.54, 1.807) is 13.3 Å². The van der Waals surface area contributed by atoms with Gasteiger partial charge < -0.3 is 14.5 Å². The Labute approximate surface area is 119 Å². The van der Waals surface area contributed by atoms with E-state index >= 15 is 0 Å². The smallest absolute Gasteiger partial charge is 0.161 e. The quantitative estimate of drug-likeness (QED) is 0.882. The van der Waals surface area contributed by atoms with E-state index < -0.39 is 0 Å². The van der Waals surface area contributed by atoms with Gasteiger partial charge in [0.05, 0.1) is 19.3 Å². The third-order valence-electron chi connectivity index (χ3n) is 3.44. The highest BCUT2D eigenvalue weighted by Gasteiger charge is 2.25. The monoisotopic (exact) mass is 277 g/mol. The Kier molecular flexibility index (Phi) is 4.49. The molecular weight excluding hydrogens is 254 g/mol. The molecule has 0 saturated heterocycles. The Hall–Kier alpha value is -1.75. The molecule has 2 aromatic rings. The van der Waals surface area contributed by atoms with E-state index in [1.165, 1.54) is 0 Å². The average molecular weight is 277 g/mol. The van der Waals surface area contributed by atoms with Crippen LogP contribution in [0.1, 0.15) is 42.7 Å². The summed E-state index contributed by atoms with van der Waals surface area (Å²) >= 11 is 0. The van der Waals surface area contributed by atoms with Crippen LogP contribution in [0.4, 0.5) is 0 Å². The molecule has 1 unspecified atom stereocenters. The summed E-state index contributed by atoms with van der Waals surface area (Å²) in [6.45, 7) is 9.78. The summed E-state index contributed by atoms with van der Waals surface area (Å²) in [6.07, 6.45) is 1.77. The van der Waals surface area contributed by atoms with Crippen LogP contribution in [0.25, 0.3) is 0 Å². The van der Waals surface area contributed by atoms with Gasteiger partial charge in [-0.25, -0.2) is 0 Å². The first-order chi connectivity index (χ1) is 9.62. The van der Waals surface area contributed by atoms with Crippen molar-refractivity contribution >= 4 is 0 Å². The van der Waals surface area contributed by atoms with Crippen molar-refractivity contribution in [3.05, 3.63) is 35.0 Å². The van der Waals surface area contributed by atoms with Crippen molar-refractivity contribution in [1.29, 1.82) is 0 Å². The van der Waals surface area contributed by atoms with Gasteiger partial charge in [0.1, 0.15) is 17.2 Å². The lowest BCUT2D eigenvalue weighted by molar-refractivity contribution is 0.398. The van der Waals surface area contributed by atoms with Gasteiger partial charge in [-0.1, -0.05) is 6.92 Å².